The highest BCUT2D eigenvalue weighted by Crippen LogP contribution is 2.19. The van der Waals surface area contributed by atoms with Gasteiger partial charge in [-0.3, -0.25) is 4.98 Å². The highest BCUT2D eigenvalue weighted by molar-refractivity contribution is 7.09. The van der Waals surface area contributed by atoms with Crippen LogP contribution in [0.1, 0.15) is 17.5 Å². The van der Waals surface area contributed by atoms with Crippen LogP contribution in [0.4, 0.5) is 5.69 Å². The molecule has 0 aliphatic carbocycles. The topological polar surface area (TPSA) is 74.7 Å². The summed E-state index contributed by atoms with van der Waals surface area (Å²) in [5.41, 5.74) is 7.05. The zero-order valence-electron chi connectivity index (χ0n) is 10.7. The van der Waals surface area contributed by atoms with Crippen LogP contribution in [0.3, 0.4) is 0 Å². The maximum Gasteiger partial charge on any atom is 0.188 e. The SMILES string of the molecule is CCN(Cc1cccs1)c1ccnc(C(N)=NO)c1. The molecule has 2 rings (SSSR count). The molecule has 0 atom stereocenters. The van der Waals surface area contributed by atoms with Gasteiger partial charge in [0.15, 0.2) is 5.84 Å². The van der Waals surface area contributed by atoms with Crippen molar-refractivity contribution < 1.29 is 5.21 Å². The number of aromatic nitrogens is 1. The van der Waals surface area contributed by atoms with E-state index in [2.05, 4.69) is 33.4 Å². The zero-order valence-corrected chi connectivity index (χ0v) is 11.5. The maximum absolute atomic E-state index is 8.69. The molecule has 5 nitrogen and oxygen atoms in total. The van der Waals surface area contributed by atoms with Crippen molar-refractivity contribution in [1.29, 1.82) is 0 Å². The molecule has 3 N–H and O–H groups in total. The largest absolute Gasteiger partial charge is 0.409 e. The van der Waals surface area contributed by atoms with Crippen LogP contribution in [0.5, 0.6) is 0 Å². The van der Waals surface area contributed by atoms with E-state index < -0.39 is 0 Å². The summed E-state index contributed by atoms with van der Waals surface area (Å²) in [5, 5.41) is 13.7. The predicted octanol–water partition coefficient (Wildman–Crippen LogP) is 2.26. The van der Waals surface area contributed by atoms with Crippen LogP contribution in [0.2, 0.25) is 0 Å². The van der Waals surface area contributed by atoms with Gasteiger partial charge in [0.25, 0.3) is 0 Å². The Morgan fingerprint density at radius 2 is 2.37 bits per heavy atom. The fraction of sp³-hybridized carbons (Fsp3) is 0.231. The fourth-order valence-corrected chi connectivity index (χ4v) is 2.50. The minimum absolute atomic E-state index is 0.0222. The summed E-state index contributed by atoms with van der Waals surface area (Å²) >= 11 is 1.73. The second kappa shape index (κ2) is 6.19. The van der Waals surface area contributed by atoms with Gasteiger partial charge in [-0.1, -0.05) is 11.2 Å². The molecular formula is C13H16N4OS. The third kappa shape index (κ3) is 3.23. The third-order valence-electron chi connectivity index (χ3n) is 2.79. The van der Waals surface area contributed by atoms with Crippen molar-refractivity contribution in [3.05, 3.63) is 46.4 Å². The molecule has 0 bridgehead atoms. The first-order chi connectivity index (χ1) is 9.24. The standard InChI is InChI=1S/C13H16N4OS/c1-2-17(9-11-4-3-7-19-11)10-5-6-15-12(8-10)13(14)16-18/h3-8,18H,2,9H2,1H3,(H2,14,16). The Kier molecular flexibility index (Phi) is 4.35. The van der Waals surface area contributed by atoms with Crippen LogP contribution in [0.15, 0.2) is 41.0 Å². The monoisotopic (exact) mass is 276 g/mol. The summed E-state index contributed by atoms with van der Waals surface area (Å²) < 4.78 is 0. The quantitative estimate of drug-likeness (QED) is 0.380. The second-order valence-corrected chi connectivity index (χ2v) is 5.01. The number of hydrogen-bond donors (Lipinski definition) is 2. The molecule has 0 amide bonds. The number of oxime groups is 1. The van der Waals surface area contributed by atoms with Gasteiger partial charge in [-0.05, 0) is 30.5 Å². The van der Waals surface area contributed by atoms with Gasteiger partial charge in [-0.15, -0.1) is 11.3 Å². The van der Waals surface area contributed by atoms with Gasteiger partial charge in [-0.2, -0.15) is 0 Å². The van der Waals surface area contributed by atoms with Crippen molar-refractivity contribution in [3.63, 3.8) is 0 Å². The fourth-order valence-electron chi connectivity index (χ4n) is 1.78. The lowest BCUT2D eigenvalue weighted by molar-refractivity contribution is 0.318. The lowest BCUT2D eigenvalue weighted by Crippen LogP contribution is -2.23. The number of rotatable bonds is 5. The van der Waals surface area contributed by atoms with Crippen molar-refractivity contribution in [1.82, 2.24) is 4.98 Å². The number of amidine groups is 1. The van der Waals surface area contributed by atoms with Crippen molar-refractivity contribution in [3.8, 4) is 0 Å². The molecule has 2 aromatic heterocycles. The van der Waals surface area contributed by atoms with Crippen LogP contribution < -0.4 is 10.6 Å². The number of anilines is 1. The Morgan fingerprint density at radius 1 is 1.53 bits per heavy atom. The first-order valence-electron chi connectivity index (χ1n) is 5.96. The summed E-state index contributed by atoms with van der Waals surface area (Å²) in [5.74, 6) is 0.0222. The van der Waals surface area contributed by atoms with E-state index in [0.717, 1.165) is 18.8 Å². The molecule has 0 saturated carbocycles. The molecule has 2 heterocycles. The van der Waals surface area contributed by atoms with Gasteiger partial charge in [-0.25, -0.2) is 0 Å². The smallest absolute Gasteiger partial charge is 0.188 e. The molecule has 0 saturated heterocycles. The van der Waals surface area contributed by atoms with E-state index >= 15 is 0 Å². The molecule has 0 spiro atoms. The van der Waals surface area contributed by atoms with Gasteiger partial charge >= 0.3 is 0 Å². The van der Waals surface area contributed by atoms with Crippen molar-refractivity contribution in [2.24, 2.45) is 10.9 Å². The summed E-state index contributed by atoms with van der Waals surface area (Å²) in [7, 11) is 0. The number of nitrogens with two attached hydrogens (primary N) is 1. The molecule has 0 unspecified atom stereocenters. The molecule has 19 heavy (non-hydrogen) atoms. The van der Waals surface area contributed by atoms with E-state index in [-0.39, 0.29) is 5.84 Å². The van der Waals surface area contributed by atoms with Crippen LogP contribution >= 0.6 is 11.3 Å². The van der Waals surface area contributed by atoms with Crippen LogP contribution in [-0.4, -0.2) is 22.6 Å². The predicted molar refractivity (Wildman–Crippen MR) is 77.8 cm³/mol. The Morgan fingerprint density at radius 3 is 3.00 bits per heavy atom. The normalized spacial score (nSPS) is 11.5. The van der Waals surface area contributed by atoms with E-state index in [1.54, 1.807) is 17.5 Å². The lowest BCUT2D eigenvalue weighted by atomic mass is 10.2. The van der Waals surface area contributed by atoms with Crippen molar-refractivity contribution >= 4 is 22.9 Å². The highest BCUT2D eigenvalue weighted by Gasteiger charge is 2.09. The second-order valence-electron chi connectivity index (χ2n) is 3.98. The van der Waals surface area contributed by atoms with Gasteiger partial charge in [0.2, 0.25) is 0 Å². The highest BCUT2D eigenvalue weighted by atomic mass is 32.1. The van der Waals surface area contributed by atoms with Crippen LogP contribution in [-0.2, 0) is 6.54 Å². The molecule has 6 heteroatoms. The van der Waals surface area contributed by atoms with Crippen LogP contribution in [0, 0.1) is 0 Å². The summed E-state index contributed by atoms with van der Waals surface area (Å²) in [4.78, 5) is 7.59. The summed E-state index contributed by atoms with van der Waals surface area (Å²) in [6.07, 6.45) is 1.67. The number of pyridine rings is 1. The molecular weight excluding hydrogens is 260 g/mol. The molecule has 0 aliphatic rings. The Labute approximate surface area is 116 Å². The van der Waals surface area contributed by atoms with Crippen molar-refractivity contribution in [2.75, 3.05) is 11.4 Å². The summed E-state index contributed by atoms with van der Waals surface area (Å²) in [6, 6.07) is 7.90. The van der Waals surface area contributed by atoms with E-state index in [0.29, 0.717) is 5.69 Å². The molecule has 0 aliphatic heterocycles. The molecule has 0 radical (unpaired) electrons. The molecule has 0 aromatic carbocycles. The number of hydrogen-bond acceptors (Lipinski definition) is 5. The van der Waals surface area contributed by atoms with Gasteiger partial charge in [0.05, 0.1) is 6.54 Å². The van der Waals surface area contributed by atoms with E-state index in [9.17, 15) is 0 Å². The van der Waals surface area contributed by atoms with E-state index in [4.69, 9.17) is 10.9 Å². The zero-order chi connectivity index (χ0) is 13.7. The molecule has 0 fully saturated rings. The third-order valence-corrected chi connectivity index (χ3v) is 3.65. The average Bonchev–Trinajstić information content (AvgIpc) is 2.97. The Balaban J connectivity index is 2.23. The first-order valence-corrected chi connectivity index (χ1v) is 6.83. The lowest BCUT2D eigenvalue weighted by Gasteiger charge is -2.22. The minimum atomic E-state index is 0.0222. The van der Waals surface area contributed by atoms with E-state index in [1.807, 2.05) is 18.2 Å². The van der Waals surface area contributed by atoms with Gasteiger partial charge in [0.1, 0.15) is 5.69 Å². The number of nitrogens with zero attached hydrogens (tertiary/aromatic N) is 3. The molecule has 2 aromatic rings. The Bertz CT molecular complexity index is 554. The van der Waals surface area contributed by atoms with Crippen molar-refractivity contribution in [2.45, 2.75) is 13.5 Å². The van der Waals surface area contributed by atoms with E-state index in [1.165, 1.54) is 4.88 Å². The minimum Gasteiger partial charge on any atom is -0.409 e. The summed E-state index contributed by atoms with van der Waals surface area (Å²) in [6.45, 7) is 3.81. The maximum atomic E-state index is 8.69. The van der Waals surface area contributed by atoms with Crippen LogP contribution in [0.25, 0.3) is 0 Å². The number of thiophene rings is 1. The van der Waals surface area contributed by atoms with Gasteiger partial charge < -0.3 is 15.8 Å². The molecule has 100 valence electrons. The Hall–Kier alpha value is -2.08. The van der Waals surface area contributed by atoms with Gasteiger partial charge in [0, 0.05) is 23.3 Å². The average molecular weight is 276 g/mol. The first kappa shape index (κ1) is 13.4.